The number of nitrogens with two attached hydrogens (primary N) is 1. The Bertz CT molecular complexity index is 208. The molecule has 0 aromatic rings. The number of rotatable bonds is 5. The fraction of sp³-hybridized carbons (Fsp3) is 1.00. The molecule has 0 spiro atoms. The summed E-state index contributed by atoms with van der Waals surface area (Å²) in [5, 5.41) is 0. The predicted octanol–water partition coefficient (Wildman–Crippen LogP) is 1.76. The maximum Gasteiger partial charge on any atom is 0.0730 e. The quantitative estimate of drug-likeness (QED) is 0.726. The van der Waals surface area contributed by atoms with E-state index in [0.717, 1.165) is 19.2 Å². The summed E-state index contributed by atoms with van der Waals surface area (Å²) in [5.41, 5.74) is 5.76. The van der Waals surface area contributed by atoms with Crippen molar-refractivity contribution < 1.29 is 4.74 Å². The summed E-state index contributed by atoms with van der Waals surface area (Å²) in [7, 11) is 0. The molecule has 3 nitrogen and oxygen atoms in total. The molecule has 2 rings (SSSR count). The van der Waals surface area contributed by atoms with Gasteiger partial charge in [0, 0.05) is 18.6 Å². The van der Waals surface area contributed by atoms with E-state index in [0.29, 0.717) is 12.1 Å². The van der Waals surface area contributed by atoms with Crippen molar-refractivity contribution in [1.82, 2.24) is 4.90 Å². The molecule has 0 bridgehead atoms. The first kappa shape index (κ1) is 12.3. The van der Waals surface area contributed by atoms with Crippen LogP contribution in [0.2, 0.25) is 0 Å². The van der Waals surface area contributed by atoms with Crippen LogP contribution < -0.4 is 5.73 Å². The van der Waals surface area contributed by atoms with E-state index in [-0.39, 0.29) is 0 Å². The van der Waals surface area contributed by atoms with Crippen molar-refractivity contribution in [1.29, 1.82) is 0 Å². The first-order valence-electron chi connectivity index (χ1n) is 6.88. The van der Waals surface area contributed by atoms with Crippen LogP contribution in [0.1, 0.15) is 45.4 Å². The summed E-state index contributed by atoms with van der Waals surface area (Å²) < 4.78 is 5.81. The van der Waals surface area contributed by atoms with Crippen LogP contribution in [0.3, 0.4) is 0 Å². The Morgan fingerprint density at radius 3 is 3.06 bits per heavy atom. The zero-order chi connectivity index (χ0) is 11.4. The zero-order valence-electron chi connectivity index (χ0n) is 10.5. The van der Waals surface area contributed by atoms with Crippen LogP contribution in [0.25, 0.3) is 0 Å². The van der Waals surface area contributed by atoms with Gasteiger partial charge in [0.2, 0.25) is 0 Å². The molecule has 1 aliphatic carbocycles. The number of hydrogen-bond acceptors (Lipinski definition) is 3. The lowest BCUT2D eigenvalue weighted by molar-refractivity contribution is -0.0558. The van der Waals surface area contributed by atoms with Crippen LogP contribution >= 0.6 is 0 Å². The largest absolute Gasteiger partial charge is 0.375 e. The summed E-state index contributed by atoms with van der Waals surface area (Å²) in [6, 6.07) is 1.09. The number of hydrogen-bond donors (Lipinski definition) is 1. The molecule has 0 aromatic carbocycles. The maximum atomic E-state index is 5.81. The van der Waals surface area contributed by atoms with E-state index in [1.54, 1.807) is 0 Å². The van der Waals surface area contributed by atoms with Gasteiger partial charge in [-0.2, -0.15) is 0 Å². The molecule has 1 saturated carbocycles. The Morgan fingerprint density at radius 2 is 2.25 bits per heavy atom. The third kappa shape index (κ3) is 3.19. The van der Waals surface area contributed by atoms with Crippen molar-refractivity contribution in [3.05, 3.63) is 0 Å². The molecule has 1 aliphatic heterocycles. The van der Waals surface area contributed by atoms with Crippen LogP contribution in [0.5, 0.6) is 0 Å². The number of nitrogens with zero attached hydrogens (tertiary/aromatic N) is 1. The Labute approximate surface area is 99.3 Å². The molecule has 0 aromatic heterocycles. The van der Waals surface area contributed by atoms with Gasteiger partial charge in [0.15, 0.2) is 0 Å². The van der Waals surface area contributed by atoms with Crippen molar-refractivity contribution in [2.45, 2.75) is 63.6 Å². The Balaban J connectivity index is 1.68. The van der Waals surface area contributed by atoms with Gasteiger partial charge in [-0.25, -0.2) is 0 Å². The summed E-state index contributed by atoms with van der Waals surface area (Å²) in [6.45, 7) is 5.42. The molecule has 16 heavy (non-hydrogen) atoms. The van der Waals surface area contributed by atoms with Crippen molar-refractivity contribution in [3.63, 3.8) is 0 Å². The number of ether oxygens (including phenoxy) is 1. The Morgan fingerprint density at radius 1 is 1.38 bits per heavy atom. The van der Waals surface area contributed by atoms with Crippen LogP contribution in [-0.2, 0) is 4.74 Å². The summed E-state index contributed by atoms with van der Waals surface area (Å²) in [6.07, 6.45) is 8.25. The van der Waals surface area contributed by atoms with Crippen molar-refractivity contribution >= 4 is 0 Å². The zero-order valence-corrected chi connectivity index (χ0v) is 10.5. The third-order valence-electron chi connectivity index (χ3n) is 3.95. The van der Waals surface area contributed by atoms with Gasteiger partial charge in [-0.3, -0.25) is 4.90 Å². The second-order valence-corrected chi connectivity index (χ2v) is 5.42. The van der Waals surface area contributed by atoms with Gasteiger partial charge in [0.25, 0.3) is 0 Å². The molecule has 1 saturated heterocycles. The third-order valence-corrected chi connectivity index (χ3v) is 3.95. The van der Waals surface area contributed by atoms with E-state index in [1.807, 2.05) is 0 Å². The monoisotopic (exact) mass is 226 g/mol. The average molecular weight is 226 g/mol. The fourth-order valence-electron chi connectivity index (χ4n) is 3.06. The maximum absolute atomic E-state index is 5.81. The van der Waals surface area contributed by atoms with E-state index < -0.39 is 0 Å². The lowest BCUT2D eigenvalue weighted by atomic mass is 10.1. The molecule has 94 valence electrons. The molecular weight excluding hydrogens is 200 g/mol. The molecule has 2 fully saturated rings. The van der Waals surface area contributed by atoms with E-state index in [4.69, 9.17) is 10.5 Å². The molecule has 0 amide bonds. The minimum atomic E-state index is 0.365. The minimum Gasteiger partial charge on any atom is -0.375 e. The highest BCUT2D eigenvalue weighted by Gasteiger charge is 2.35. The van der Waals surface area contributed by atoms with Gasteiger partial charge in [-0.05, 0) is 45.6 Å². The molecule has 3 atom stereocenters. The molecular formula is C13H26N2O. The van der Waals surface area contributed by atoms with Crippen molar-refractivity contribution in [2.75, 3.05) is 19.7 Å². The van der Waals surface area contributed by atoms with Crippen molar-refractivity contribution in [2.24, 2.45) is 5.73 Å². The molecule has 2 aliphatic rings. The molecule has 2 N–H and O–H groups in total. The standard InChI is InChI=1S/C13H26N2O/c1-11(14)5-2-3-8-15-9-10-16-13-7-4-6-12(13)15/h11-13H,2-10,14H2,1H3. The first-order chi connectivity index (χ1) is 7.77. The van der Waals surface area contributed by atoms with Crippen LogP contribution in [-0.4, -0.2) is 42.8 Å². The smallest absolute Gasteiger partial charge is 0.0730 e. The highest BCUT2D eigenvalue weighted by Crippen LogP contribution is 2.29. The summed E-state index contributed by atoms with van der Waals surface area (Å²) >= 11 is 0. The normalized spacial score (nSPS) is 32.6. The predicted molar refractivity (Wildman–Crippen MR) is 66.5 cm³/mol. The van der Waals surface area contributed by atoms with E-state index in [1.165, 1.54) is 45.1 Å². The van der Waals surface area contributed by atoms with E-state index in [9.17, 15) is 0 Å². The molecule has 0 radical (unpaired) electrons. The number of unbranched alkanes of at least 4 members (excludes halogenated alkanes) is 1. The summed E-state index contributed by atoms with van der Waals surface area (Å²) in [4.78, 5) is 2.66. The van der Waals surface area contributed by atoms with E-state index >= 15 is 0 Å². The first-order valence-corrected chi connectivity index (χ1v) is 6.88. The van der Waals surface area contributed by atoms with Crippen molar-refractivity contribution in [3.8, 4) is 0 Å². The second-order valence-electron chi connectivity index (χ2n) is 5.42. The van der Waals surface area contributed by atoms with Gasteiger partial charge in [0.1, 0.15) is 0 Å². The van der Waals surface area contributed by atoms with Crippen LogP contribution in [0.15, 0.2) is 0 Å². The Kier molecular flexibility index (Phi) is 4.62. The SMILES string of the molecule is CC(N)CCCCN1CCOC2CCCC21. The topological polar surface area (TPSA) is 38.5 Å². The minimum absolute atomic E-state index is 0.365. The lowest BCUT2D eigenvalue weighted by Gasteiger charge is -2.37. The van der Waals surface area contributed by atoms with Gasteiger partial charge in [0.05, 0.1) is 12.7 Å². The van der Waals surface area contributed by atoms with E-state index in [2.05, 4.69) is 11.8 Å². The number of morpholine rings is 1. The molecule has 3 heteroatoms. The average Bonchev–Trinajstić information content (AvgIpc) is 2.72. The van der Waals surface area contributed by atoms with Gasteiger partial charge < -0.3 is 10.5 Å². The Hall–Kier alpha value is -0.120. The summed E-state index contributed by atoms with van der Waals surface area (Å²) in [5.74, 6) is 0. The number of fused-ring (bicyclic) bond motifs is 1. The highest BCUT2D eigenvalue weighted by atomic mass is 16.5. The van der Waals surface area contributed by atoms with Gasteiger partial charge in [-0.15, -0.1) is 0 Å². The van der Waals surface area contributed by atoms with Gasteiger partial charge in [-0.1, -0.05) is 6.42 Å². The molecule has 1 heterocycles. The van der Waals surface area contributed by atoms with Crippen LogP contribution in [0.4, 0.5) is 0 Å². The lowest BCUT2D eigenvalue weighted by Crippen LogP contribution is -2.48. The van der Waals surface area contributed by atoms with Gasteiger partial charge >= 0.3 is 0 Å². The second kappa shape index (κ2) is 5.99. The fourth-order valence-corrected chi connectivity index (χ4v) is 3.06. The highest BCUT2D eigenvalue weighted by molar-refractivity contribution is 4.89. The van der Waals surface area contributed by atoms with Crippen LogP contribution in [0, 0.1) is 0 Å². The molecule has 3 unspecified atom stereocenters.